The monoisotopic (exact) mass is 276 g/mol. The lowest BCUT2D eigenvalue weighted by Crippen LogP contribution is -2.00. The summed E-state index contributed by atoms with van der Waals surface area (Å²) in [5, 5.41) is 0. The van der Waals surface area contributed by atoms with Crippen LogP contribution in [0.1, 0.15) is 23.6 Å². The number of esters is 1. The molecule has 0 saturated heterocycles. The summed E-state index contributed by atoms with van der Waals surface area (Å²) < 4.78 is 5.08. The van der Waals surface area contributed by atoms with Crippen LogP contribution in [0.25, 0.3) is 0 Å². The van der Waals surface area contributed by atoms with E-state index in [1.54, 1.807) is 13.0 Å². The number of hydrogen-bond donors (Lipinski definition) is 0. The summed E-state index contributed by atoms with van der Waals surface area (Å²) in [6.45, 7) is 2.05. The fraction of sp³-hybridized carbons (Fsp3) is 0.105. The van der Waals surface area contributed by atoms with Crippen LogP contribution < -0.4 is 0 Å². The van der Waals surface area contributed by atoms with Crippen molar-refractivity contribution in [2.24, 2.45) is 0 Å². The lowest BCUT2D eigenvalue weighted by molar-refractivity contribution is -0.139. The van der Waals surface area contributed by atoms with Crippen LogP contribution in [0.15, 0.2) is 66.7 Å². The van der Waals surface area contributed by atoms with Crippen molar-refractivity contribution < 1.29 is 9.53 Å². The fourth-order valence-electron chi connectivity index (χ4n) is 1.69. The summed E-state index contributed by atoms with van der Waals surface area (Å²) in [5.41, 5.74) is 2.86. The molecule has 0 bridgehead atoms. The molecule has 0 radical (unpaired) electrons. The third kappa shape index (κ3) is 5.00. The van der Waals surface area contributed by atoms with E-state index in [2.05, 4.69) is 11.8 Å². The van der Waals surface area contributed by atoms with Gasteiger partial charge in [0, 0.05) is 17.2 Å². The van der Waals surface area contributed by atoms with Gasteiger partial charge in [0.1, 0.15) is 6.61 Å². The molecule has 2 nitrogen and oxygen atoms in total. The van der Waals surface area contributed by atoms with Crippen LogP contribution in [0.5, 0.6) is 0 Å². The van der Waals surface area contributed by atoms with Gasteiger partial charge in [0.25, 0.3) is 0 Å². The third-order valence-electron chi connectivity index (χ3n) is 2.76. The molecule has 2 aromatic carbocycles. The zero-order valence-electron chi connectivity index (χ0n) is 11.9. The van der Waals surface area contributed by atoms with E-state index in [9.17, 15) is 4.79 Å². The zero-order chi connectivity index (χ0) is 14.9. The molecule has 2 heteroatoms. The van der Waals surface area contributed by atoms with E-state index < -0.39 is 0 Å². The van der Waals surface area contributed by atoms with Crippen LogP contribution >= 0.6 is 0 Å². The Morgan fingerprint density at radius 2 is 1.62 bits per heavy atom. The largest absolute Gasteiger partial charge is 0.458 e. The summed E-state index contributed by atoms with van der Waals surface area (Å²) >= 11 is 0. The minimum atomic E-state index is -0.328. The molecule has 0 amide bonds. The Bertz CT molecular complexity index is 671. The molecular formula is C19H16O2. The van der Waals surface area contributed by atoms with E-state index in [-0.39, 0.29) is 12.6 Å². The number of carbonyl (C=O) groups excluding carboxylic acids is 1. The average molecular weight is 276 g/mol. The van der Waals surface area contributed by atoms with E-state index in [1.807, 2.05) is 54.6 Å². The Hall–Kier alpha value is -2.79. The molecule has 0 aliphatic heterocycles. The van der Waals surface area contributed by atoms with Crippen molar-refractivity contribution in [1.82, 2.24) is 0 Å². The van der Waals surface area contributed by atoms with Gasteiger partial charge < -0.3 is 4.74 Å². The normalized spacial score (nSPS) is 9.95. The van der Waals surface area contributed by atoms with Crippen molar-refractivity contribution in [2.45, 2.75) is 13.5 Å². The minimum absolute atomic E-state index is 0.273. The van der Waals surface area contributed by atoms with Gasteiger partial charge in [-0.15, -0.1) is 0 Å². The molecule has 2 aromatic rings. The topological polar surface area (TPSA) is 26.3 Å². The second-order valence-corrected chi connectivity index (χ2v) is 4.42. The van der Waals surface area contributed by atoms with Gasteiger partial charge in [0.15, 0.2) is 0 Å². The van der Waals surface area contributed by atoms with Crippen molar-refractivity contribution in [3.05, 3.63) is 83.4 Å². The molecule has 0 fully saturated rings. The molecule has 0 aromatic heterocycles. The van der Waals surface area contributed by atoms with Gasteiger partial charge >= 0.3 is 5.97 Å². The molecule has 0 atom stereocenters. The average Bonchev–Trinajstić information content (AvgIpc) is 2.53. The van der Waals surface area contributed by atoms with E-state index in [0.29, 0.717) is 0 Å². The van der Waals surface area contributed by atoms with E-state index in [1.165, 1.54) is 6.08 Å². The van der Waals surface area contributed by atoms with Gasteiger partial charge in [-0.3, -0.25) is 0 Å². The summed E-state index contributed by atoms with van der Waals surface area (Å²) in [5.74, 6) is 5.88. The highest BCUT2D eigenvalue weighted by Crippen LogP contribution is 2.06. The first-order valence-electron chi connectivity index (χ1n) is 6.73. The Balaban J connectivity index is 1.96. The van der Waals surface area contributed by atoms with E-state index in [0.717, 1.165) is 16.7 Å². The van der Waals surface area contributed by atoms with Crippen molar-refractivity contribution in [1.29, 1.82) is 0 Å². The Morgan fingerprint density at radius 3 is 2.24 bits per heavy atom. The summed E-state index contributed by atoms with van der Waals surface area (Å²) in [6.07, 6.45) is 3.06. The number of ether oxygens (including phenoxy) is 1. The highest BCUT2D eigenvalue weighted by atomic mass is 16.5. The fourth-order valence-corrected chi connectivity index (χ4v) is 1.69. The van der Waals surface area contributed by atoms with Crippen molar-refractivity contribution in [3.8, 4) is 11.8 Å². The molecule has 0 saturated carbocycles. The Kier molecular flexibility index (Phi) is 5.37. The minimum Gasteiger partial charge on any atom is -0.458 e. The van der Waals surface area contributed by atoms with Crippen LogP contribution in [0.4, 0.5) is 0 Å². The lowest BCUT2D eigenvalue weighted by Gasteiger charge is -2.02. The van der Waals surface area contributed by atoms with Crippen LogP contribution in [0.2, 0.25) is 0 Å². The van der Waals surface area contributed by atoms with E-state index in [4.69, 9.17) is 4.74 Å². The maximum absolute atomic E-state index is 11.2. The number of hydrogen-bond acceptors (Lipinski definition) is 2. The first-order valence-corrected chi connectivity index (χ1v) is 6.73. The number of allylic oxidation sites excluding steroid dienone is 1. The van der Waals surface area contributed by atoms with Gasteiger partial charge in [0.2, 0.25) is 0 Å². The van der Waals surface area contributed by atoms with Gasteiger partial charge in [0.05, 0.1) is 0 Å². The van der Waals surface area contributed by atoms with Crippen LogP contribution in [-0.4, -0.2) is 5.97 Å². The Morgan fingerprint density at radius 1 is 1.00 bits per heavy atom. The van der Waals surface area contributed by atoms with E-state index >= 15 is 0 Å². The van der Waals surface area contributed by atoms with Crippen molar-refractivity contribution in [2.75, 3.05) is 0 Å². The molecule has 0 spiro atoms. The second-order valence-electron chi connectivity index (χ2n) is 4.42. The molecule has 104 valence electrons. The lowest BCUT2D eigenvalue weighted by atomic mass is 10.1. The molecule has 21 heavy (non-hydrogen) atoms. The molecule has 0 aliphatic carbocycles. The maximum atomic E-state index is 11.2. The molecule has 0 heterocycles. The second kappa shape index (κ2) is 7.72. The van der Waals surface area contributed by atoms with Gasteiger partial charge in [-0.1, -0.05) is 48.2 Å². The highest BCUT2D eigenvalue weighted by Gasteiger charge is 1.98. The van der Waals surface area contributed by atoms with Crippen LogP contribution in [-0.2, 0) is 16.1 Å². The van der Waals surface area contributed by atoms with Crippen molar-refractivity contribution in [3.63, 3.8) is 0 Å². The number of rotatable bonds is 3. The molecule has 0 unspecified atom stereocenters. The predicted octanol–water partition coefficient (Wildman–Crippen LogP) is 3.71. The molecular weight excluding hydrogens is 260 g/mol. The zero-order valence-corrected chi connectivity index (χ0v) is 11.9. The molecule has 0 N–H and O–H groups in total. The molecule has 0 aliphatic rings. The predicted molar refractivity (Wildman–Crippen MR) is 83.5 cm³/mol. The van der Waals surface area contributed by atoms with Crippen LogP contribution in [0, 0.1) is 11.8 Å². The van der Waals surface area contributed by atoms with Crippen molar-refractivity contribution >= 4 is 5.97 Å². The Labute approximate surface area is 125 Å². The van der Waals surface area contributed by atoms with Gasteiger partial charge in [-0.2, -0.15) is 0 Å². The maximum Gasteiger partial charge on any atom is 0.330 e. The first kappa shape index (κ1) is 14.6. The quantitative estimate of drug-likeness (QED) is 0.485. The molecule has 2 rings (SSSR count). The summed E-state index contributed by atoms with van der Waals surface area (Å²) in [7, 11) is 0. The van der Waals surface area contributed by atoms with Gasteiger partial charge in [-0.25, -0.2) is 4.79 Å². The van der Waals surface area contributed by atoms with Crippen LogP contribution in [0.3, 0.4) is 0 Å². The summed E-state index contributed by atoms with van der Waals surface area (Å²) in [6, 6.07) is 17.5. The highest BCUT2D eigenvalue weighted by molar-refractivity contribution is 5.81. The standard InChI is InChI=1S/C19H16O2/c1-2-6-19(20)21-15-18-13-11-17(12-14-18)10-9-16-7-4-3-5-8-16/h2-8,11-14H,15H2,1H3. The smallest absolute Gasteiger partial charge is 0.330 e. The summed E-state index contributed by atoms with van der Waals surface area (Å²) in [4.78, 5) is 11.2. The van der Waals surface area contributed by atoms with Gasteiger partial charge in [-0.05, 0) is 36.8 Å². The number of benzene rings is 2. The third-order valence-corrected chi connectivity index (χ3v) is 2.76. The first-order chi connectivity index (χ1) is 10.3. The SMILES string of the molecule is CC=CC(=O)OCc1ccc(C#Cc2ccccc2)cc1. The number of carbonyl (C=O) groups is 1.